The molecule has 2 aliphatic rings. The molecule has 2 fully saturated rings. The molecule has 6 heteroatoms. The summed E-state index contributed by atoms with van der Waals surface area (Å²) in [7, 11) is -2.82. The molecule has 0 radical (unpaired) electrons. The molecule has 0 aromatic rings. The van der Waals surface area contributed by atoms with Crippen LogP contribution in [0.2, 0.25) is 0 Å². The van der Waals surface area contributed by atoms with Crippen LogP contribution in [-0.2, 0) is 14.6 Å². The van der Waals surface area contributed by atoms with Gasteiger partial charge in [-0.2, -0.15) is 0 Å². The third-order valence-electron chi connectivity index (χ3n) is 5.10. The van der Waals surface area contributed by atoms with E-state index in [1.54, 1.807) is 0 Å². The summed E-state index contributed by atoms with van der Waals surface area (Å²) >= 11 is 0. The van der Waals surface area contributed by atoms with Crippen LogP contribution in [0, 0.1) is 5.92 Å². The van der Waals surface area contributed by atoms with Crippen molar-refractivity contribution < 1.29 is 13.2 Å². The molecule has 2 aliphatic heterocycles. The van der Waals surface area contributed by atoms with E-state index in [4.69, 9.17) is 0 Å². The number of piperazine rings is 1. The third-order valence-corrected chi connectivity index (χ3v) is 6.85. The van der Waals surface area contributed by atoms with E-state index in [0.717, 1.165) is 58.3 Å². The first-order chi connectivity index (χ1) is 10.5. The topological polar surface area (TPSA) is 57.7 Å². The second-order valence-corrected chi connectivity index (χ2v) is 8.89. The summed E-state index contributed by atoms with van der Waals surface area (Å²) in [6.45, 7) is 7.38. The molecule has 2 atom stereocenters. The van der Waals surface area contributed by atoms with Gasteiger partial charge in [0.05, 0.1) is 11.5 Å². The summed E-state index contributed by atoms with van der Waals surface area (Å²) < 4.78 is 23.2. The van der Waals surface area contributed by atoms with E-state index in [9.17, 15) is 13.2 Å². The van der Waals surface area contributed by atoms with Crippen molar-refractivity contribution in [3.05, 3.63) is 0 Å². The Balaban J connectivity index is 1.82. The molecular weight excluding hydrogens is 300 g/mol. The van der Waals surface area contributed by atoms with Crippen LogP contribution >= 0.6 is 0 Å². The molecule has 5 nitrogen and oxygen atoms in total. The molecule has 128 valence electrons. The fraction of sp³-hybridized carbons (Fsp3) is 0.938. The average molecular weight is 330 g/mol. The first-order valence-electron chi connectivity index (χ1n) is 8.70. The molecule has 1 amide bonds. The highest BCUT2D eigenvalue weighted by Crippen LogP contribution is 2.21. The highest BCUT2D eigenvalue weighted by molar-refractivity contribution is 7.91. The average Bonchev–Trinajstić information content (AvgIpc) is 2.88. The fourth-order valence-corrected chi connectivity index (χ4v) is 5.34. The van der Waals surface area contributed by atoms with Crippen molar-refractivity contribution in [2.45, 2.75) is 52.0 Å². The molecule has 0 aromatic carbocycles. The lowest BCUT2D eigenvalue weighted by atomic mass is 9.97. The second kappa shape index (κ2) is 7.77. The molecule has 2 saturated heterocycles. The van der Waals surface area contributed by atoms with Gasteiger partial charge in [-0.1, -0.05) is 26.7 Å². The fourth-order valence-electron chi connectivity index (χ4n) is 3.58. The molecule has 0 N–H and O–H groups in total. The van der Waals surface area contributed by atoms with Crippen LogP contribution in [0.4, 0.5) is 0 Å². The summed E-state index contributed by atoms with van der Waals surface area (Å²) in [6.07, 6.45) is 4.91. The number of unbranched alkanes of at least 4 members (excludes halogenated alkanes) is 1. The first-order valence-corrected chi connectivity index (χ1v) is 10.5. The highest BCUT2D eigenvalue weighted by atomic mass is 32.2. The largest absolute Gasteiger partial charge is 0.340 e. The van der Waals surface area contributed by atoms with Gasteiger partial charge in [0, 0.05) is 38.1 Å². The lowest BCUT2D eigenvalue weighted by Gasteiger charge is -2.38. The molecular formula is C16H30N2O3S. The number of hydrogen-bond donors (Lipinski definition) is 0. The molecule has 0 aromatic heterocycles. The zero-order chi connectivity index (χ0) is 16.2. The number of carbonyl (C=O) groups excluding carboxylic acids is 1. The van der Waals surface area contributed by atoms with Crippen molar-refractivity contribution in [2.75, 3.05) is 37.7 Å². The normalized spacial score (nSPS) is 27.0. The Morgan fingerprint density at radius 2 is 1.86 bits per heavy atom. The van der Waals surface area contributed by atoms with E-state index in [0.29, 0.717) is 17.4 Å². The van der Waals surface area contributed by atoms with Crippen LogP contribution in [0.1, 0.15) is 46.0 Å². The Morgan fingerprint density at radius 3 is 2.36 bits per heavy atom. The maximum atomic E-state index is 12.6. The zero-order valence-electron chi connectivity index (χ0n) is 14.0. The Kier molecular flexibility index (Phi) is 6.26. The predicted molar refractivity (Wildman–Crippen MR) is 88.5 cm³/mol. The summed E-state index contributed by atoms with van der Waals surface area (Å²) in [5.74, 6) is 1.09. The van der Waals surface area contributed by atoms with E-state index in [2.05, 4.69) is 18.7 Å². The predicted octanol–water partition coefficient (Wildman–Crippen LogP) is 1.53. The molecule has 2 rings (SSSR count). The van der Waals surface area contributed by atoms with Crippen molar-refractivity contribution in [1.82, 2.24) is 9.80 Å². The lowest BCUT2D eigenvalue weighted by molar-refractivity contribution is -0.138. The van der Waals surface area contributed by atoms with Gasteiger partial charge >= 0.3 is 0 Å². The monoisotopic (exact) mass is 330 g/mol. The zero-order valence-corrected chi connectivity index (χ0v) is 14.8. The van der Waals surface area contributed by atoms with Crippen LogP contribution in [0.5, 0.6) is 0 Å². The number of sulfone groups is 1. The van der Waals surface area contributed by atoms with Crippen LogP contribution in [-0.4, -0.2) is 67.9 Å². The third kappa shape index (κ3) is 4.44. The molecule has 22 heavy (non-hydrogen) atoms. The van der Waals surface area contributed by atoms with Gasteiger partial charge in [0.25, 0.3) is 0 Å². The minimum Gasteiger partial charge on any atom is -0.340 e. The van der Waals surface area contributed by atoms with Crippen LogP contribution in [0.3, 0.4) is 0 Å². The molecule has 2 heterocycles. The van der Waals surface area contributed by atoms with E-state index in [1.165, 1.54) is 0 Å². The van der Waals surface area contributed by atoms with E-state index in [-0.39, 0.29) is 12.0 Å². The maximum Gasteiger partial charge on any atom is 0.225 e. The molecule has 0 spiro atoms. The van der Waals surface area contributed by atoms with Crippen LogP contribution < -0.4 is 0 Å². The first kappa shape index (κ1) is 17.7. The maximum absolute atomic E-state index is 12.6. The molecule has 0 aliphatic carbocycles. The Labute approximate surface area is 135 Å². The van der Waals surface area contributed by atoms with Crippen LogP contribution in [0.25, 0.3) is 0 Å². The highest BCUT2D eigenvalue weighted by Gasteiger charge is 2.35. The summed E-state index contributed by atoms with van der Waals surface area (Å²) in [6, 6.07) is 0.171. The van der Waals surface area contributed by atoms with Crippen molar-refractivity contribution in [2.24, 2.45) is 5.92 Å². The van der Waals surface area contributed by atoms with Crippen molar-refractivity contribution in [3.63, 3.8) is 0 Å². The SMILES string of the molecule is CCCCC(CC)C(=O)N1CCN(C2CCS(=O)(=O)C2)CC1. The Hall–Kier alpha value is -0.620. The Bertz CT molecular complexity index is 470. The number of amides is 1. The van der Waals surface area contributed by atoms with E-state index in [1.807, 2.05) is 4.90 Å². The van der Waals surface area contributed by atoms with Gasteiger partial charge in [-0.25, -0.2) is 8.42 Å². The standard InChI is InChI=1S/C16H30N2O3S/c1-3-5-6-14(4-2)16(19)18-10-8-17(9-11-18)15-7-12-22(20,21)13-15/h14-15H,3-13H2,1-2H3. The number of rotatable bonds is 6. The summed E-state index contributed by atoms with van der Waals surface area (Å²) in [5, 5.41) is 0. The van der Waals surface area contributed by atoms with Gasteiger partial charge in [0.1, 0.15) is 0 Å². The van der Waals surface area contributed by atoms with Gasteiger partial charge in [-0.05, 0) is 19.3 Å². The van der Waals surface area contributed by atoms with Crippen molar-refractivity contribution in [1.29, 1.82) is 0 Å². The van der Waals surface area contributed by atoms with Crippen molar-refractivity contribution in [3.8, 4) is 0 Å². The van der Waals surface area contributed by atoms with E-state index >= 15 is 0 Å². The molecule has 0 saturated carbocycles. The summed E-state index contributed by atoms with van der Waals surface area (Å²) in [4.78, 5) is 16.8. The quantitative estimate of drug-likeness (QED) is 0.741. The summed E-state index contributed by atoms with van der Waals surface area (Å²) in [5.41, 5.74) is 0. The van der Waals surface area contributed by atoms with Crippen molar-refractivity contribution >= 4 is 15.7 Å². The van der Waals surface area contributed by atoms with Crippen LogP contribution in [0.15, 0.2) is 0 Å². The Morgan fingerprint density at radius 1 is 1.18 bits per heavy atom. The van der Waals surface area contributed by atoms with Gasteiger partial charge in [-0.3, -0.25) is 9.69 Å². The smallest absolute Gasteiger partial charge is 0.225 e. The van der Waals surface area contributed by atoms with Gasteiger partial charge in [0.2, 0.25) is 5.91 Å². The number of carbonyl (C=O) groups is 1. The molecule has 0 bridgehead atoms. The van der Waals surface area contributed by atoms with Gasteiger partial charge in [-0.15, -0.1) is 0 Å². The molecule has 2 unspecified atom stereocenters. The van der Waals surface area contributed by atoms with E-state index < -0.39 is 9.84 Å². The van der Waals surface area contributed by atoms with Gasteiger partial charge < -0.3 is 4.90 Å². The number of nitrogens with zero attached hydrogens (tertiary/aromatic N) is 2. The minimum absolute atomic E-state index is 0.165. The van der Waals surface area contributed by atoms with Gasteiger partial charge in [0.15, 0.2) is 9.84 Å². The lowest BCUT2D eigenvalue weighted by Crippen LogP contribution is -2.53. The minimum atomic E-state index is -2.82. The number of hydrogen-bond acceptors (Lipinski definition) is 4. The second-order valence-electron chi connectivity index (χ2n) is 6.67.